The van der Waals surface area contributed by atoms with Crippen LogP contribution in [0.2, 0.25) is 0 Å². The number of nitrogens with zero attached hydrogens (tertiary/aromatic N) is 4. The Bertz CT molecular complexity index is 765. The second kappa shape index (κ2) is 7.69. The lowest BCUT2D eigenvalue weighted by Gasteiger charge is -2.45. The van der Waals surface area contributed by atoms with Gasteiger partial charge in [0.2, 0.25) is 0 Å². The van der Waals surface area contributed by atoms with E-state index in [0.29, 0.717) is 19.0 Å². The molecule has 1 unspecified atom stereocenters. The Labute approximate surface area is 163 Å². The number of thiazole rings is 1. The van der Waals surface area contributed by atoms with E-state index in [-0.39, 0.29) is 5.91 Å². The van der Waals surface area contributed by atoms with Gasteiger partial charge < -0.3 is 14.6 Å². The van der Waals surface area contributed by atoms with Gasteiger partial charge in [-0.25, -0.2) is 9.97 Å². The Morgan fingerprint density at radius 1 is 1.37 bits per heavy atom. The van der Waals surface area contributed by atoms with E-state index in [2.05, 4.69) is 38.6 Å². The molecule has 0 bridgehead atoms. The smallest absolute Gasteiger partial charge is 0.251 e. The molecule has 1 amide bonds. The van der Waals surface area contributed by atoms with Gasteiger partial charge in [-0.05, 0) is 18.8 Å². The van der Waals surface area contributed by atoms with Crippen LogP contribution in [-0.2, 0) is 28.2 Å². The third-order valence-electron chi connectivity index (χ3n) is 5.34. The summed E-state index contributed by atoms with van der Waals surface area (Å²) in [5, 5.41) is 6.18. The molecule has 1 atom stereocenters. The molecule has 2 aliphatic heterocycles. The fraction of sp³-hybridized carbons (Fsp3) is 0.632. The van der Waals surface area contributed by atoms with E-state index in [0.717, 1.165) is 43.3 Å². The predicted molar refractivity (Wildman–Crippen MR) is 103 cm³/mol. The van der Waals surface area contributed by atoms with Crippen LogP contribution in [-0.4, -0.2) is 51.1 Å². The summed E-state index contributed by atoms with van der Waals surface area (Å²) >= 11 is 1.69. The van der Waals surface area contributed by atoms with Gasteiger partial charge in [0.15, 0.2) is 6.10 Å². The van der Waals surface area contributed by atoms with Crippen molar-refractivity contribution >= 4 is 17.2 Å². The summed E-state index contributed by atoms with van der Waals surface area (Å²) in [6, 6.07) is 0. The van der Waals surface area contributed by atoms with Crippen LogP contribution in [0.4, 0.5) is 0 Å². The number of aromatic nitrogens is 3. The minimum absolute atomic E-state index is 0.0207. The Kier molecular flexibility index (Phi) is 5.29. The van der Waals surface area contributed by atoms with E-state index < -0.39 is 11.7 Å². The van der Waals surface area contributed by atoms with Gasteiger partial charge in [-0.1, -0.05) is 13.8 Å². The molecule has 2 aromatic rings. The SMILES string of the molecule is CC(C)CNC(=O)C1Cn2ccnc2C2(CCN(Cc3nccs3)CC2)O1. The molecule has 27 heavy (non-hydrogen) atoms. The van der Waals surface area contributed by atoms with Crippen molar-refractivity contribution in [2.45, 2.75) is 51.5 Å². The van der Waals surface area contributed by atoms with Crippen molar-refractivity contribution < 1.29 is 9.53 Å². The van der Waals surface area contributed by atoms with E-state index in [1.807, 2.05) is 24.0 Å². The summed E-state index contributed by atoms with van der Waals surface area (Å²) in [4.78, 5) is 24.0. The van der Waals surface area contributed by atoms with E-state index in [1.165, 1.54) is 0 Å². The molecule has 2 aliphatic rings. The monoisotopic (exact) mass is 389 g/mol. The third kappa shape index (κ3) is 3.93. The highest BCUT2D eigenvalue weighted by molar-refractivity contribution is 7.09. The Morgan fingerprint density at radius 3 is 2.89 bits per heavy atom. The normalized spacial score (nSPS) is 22.1. The molecule has 0 saturated carbocycles. The number of rotatable bonds is 5. The Balaban J connectivity index is 1.46. The molecule has 8 heteroatoms. The van der Waals surface area contributed by atoms with Gasteiger partial charge in [-0.2, -0.15) is 0 Å². The fourth-order valence-corrected chi connectivity index (χ4v) is 4.55. The van der Waals surface area contributed by atoms with Gasteiger partial charge >= 0.3 is 0 Å². The van der Waals surface area contributed by atoms with Crippen LogP contribution in [0.3, 0.4) is 0 Å². The van der Waals surface area contributed by atoms with Crippen LogP contribution in [0.15, 0.2) is 24.0 Å². The summed E-state index contributed by atoms with van der Waals surface area (Å²) < 4.78 is 8.54. The van der Waals surface area contributed by atoms with Gasteiger partial charge in [0, 0.05) is 43.6 Å². The summed E-state index contributed by atoms with van der Waals surface area (Å²) in [5.41, 5.74) is -0.471. The van der Waals surface area contributed by atoms with E-state index in [9.17, 15) is 4.79 Å². The quantitative estimate of drug-likeness (QED) is 0.847. The number of likely N-dealkylation sites (tertiary alicyclic amines) is 1. The molecule has 7 nitrogen and oxygen atoms in total. The standard InChI is InChI=1S/C19H27N5O2S/c1-14(2)11-22-17(25)15-12-24-9-5-21-18(24)19(26-15)3-7-23(8-4-19)13-16-20-6-10-27-16/h5-6,9-10,14-15H,3-4,7-8,11-13H2,1-2H3,(H,22,25). The second-order valence-corrected chi connectivity index (χ2v) is 8.82. The molecule has 1 fully saturated rings. The van der Waals surface area contributed by atoms with Crippen molar-refractivity contribution in [2.75, 3.05) is 19.6 Å². The number of hydrogen-bond acceptors (Lipinski definition) is 6. The number of nitrogens with one attached hydrogen (secondary N) is 1. The van der Waals surface area contributed by atoms with Crippen molar-refractivity contribution in [1.29, 1.82) is 0 Å². The summed E-state index contributed by atoms with van der Waals surface area (Å²) in [6.07, 6.45) is 6.84. The molecule has 0 aromatic carbocycles. The highest BCUT2D eigenvalue weighted by atomic mass is 32.1. The van der Waals surface area contributed by atoms with E-state index >= 15 is 0 Å². The minimum atomic E-state index is -0.471. The summed E-state index contributed by atoms with van der Waals surface area (Å²) in [6.45, 7) is 8.08. The summed E-state index contributed by atoms with van der Waals surface area (Å²) in [5.74, 6) is 1.36. The van der Waals surface area contributed by atoms with Gasteiger partial charge in [0.1, 0.15) is 16.4 Å². The number of carbonyl (C=O) groups is 1. The molecular weight excluding hydrogens is 362 g/mol. The second-order valence-electron chi connectivity index (χ2n) is 7.84. The molecular formula is C19H27N5O2S. The first-order chi connectivity index (χ1) is 13.1. The van der Waals surface area contributed by atoms with Gasteiger partial charge in [0.25, 0.3) is 5.91 Å². The van der Waals surface area contributed by atoms with Gasteiger partial charge in [-0.3, -0.25) is 9.69 Å². The zero-order valence-corrected chi connectivity index (χ0v) is 16.7. The molecule has 2 aromatic heterocycles. The number of imidazole rings is 1. The molecule has 1 spiro atoms. The van der Waals surface area contributed by atoms with Crippen LogP contribution in [0.1, 0.15) is 37.5 Å². The highest BCUT2D eigenvalue weighted by Gasteiger charge is 2.47. The number of carbonyl (C=O) groups excluding carboxylic acids is 1. The number of amides is 1. The molecule has 4 heterocycles. The number of hydrogen-bond donors (Lipinski definition) is 1. The van der Waals surface area contributed by atoms with Gasteiger partial charge in [-0.15, -0.1) is 11.3 Å². The first-order valence-corrected chi connectivity index (χ1v) is 10.5. The Morgan fingerprint density at radius 2 is 2.19 bits per heavy atom. The third-order valence-corrected chi connectivity index (χ3v) is 6.10. The number of ether oxygens (including phenoxy) is 1. The predicted octanol–water partition coefficient (Wildman–Crippen LogP) is 2.00. The van der Waals surface area contributed by atoms with Crippen LogP contribution in [0, 0.1) is 5.92 Å². The first kappa shape index (κ1) is 18.6. The zero-order chi connectivity index (χ0) is 18.9. The van der Waals surface area contributed by atoms with Crippen LogP contribution < -0.4 is 5.32 Å². The first-order valence-electron chi connectivity index (χ1n) is 9.63. The van der Waals surface area contributed by atoms with Crippen molar-refractivity contribution in [3.8, 4) is 0 Å². The largest absolute Gasteiger partial charge is 0.354 e. The molecule has 4 rings (SSSR count). The molecule has 0 radical (unpaired) electrons. The summed E-state index contributed by atoms with van der Waals surface area (Å²) in [7, 11) is 0. The van der Waals surface area contributed by atoms with Crippen molar-refractivity contribution in [1.82, 2.24) is 24.8 Å². The number of fused-ring (bicyclic) bond motifs is 2. The fourth-order valence-electron chi connectivity index (χ4n) is 3.89. The van der Waals surface area contributed by atoms with Crippen LogP contribution >= 0.6 is 11.3 Å². The molecule has 1 saturated heterocycles. The maximum Gasteiger partial charge on any atom is 0.251 e. The highest BCUT2D eigenvalue weighted by Crippen LogP contribution is 2.40. The van der Waals surface area contributed by atoms with Crippen molar-refractivity contribution in [2.24, 2.45) is 5.92 Å². The van der Waals surface area contributed by atoms with Gasteiger partial charge in [0.05, 0.1) is 13.1 Å². The van der Waals surface area contributed by atoms with E-state index in [1.54, 1.807) is 11.3 Å². The van der Waals surface area contributed by atoms with E-state index in [4.69, 9.17) is 4.74 Å². The van der Waals surface area contributed by atoms with Crippen molar-refractivity contribution in [3.63, 3.8) is 0 Å². The average molecular weight is 390 g/mol. The van der Waals surface area contributed by atoms with Crippen LogP contribution in [0.25, 0.3) is 0 Å². The Hall–Kier alpha value is -1.77. The molecule has 146 valence electrons. The molecule has 0 aliphatic carbocycles. The maximum absolute atomic E-state index is 12.6. The van der Waals surface area contributed by atoms with Crippen molar-refractivity contribution in [3.05, 3.63) is 34.8 Å². The van der Waals surface area contributed by atoms with Crippen LogP contribution in [0.5, 0.6) is 0 Å². The lowest BCUT2D eigenvalue weighted by Crippen LogP contribution is -2.54. The average Bonchev–Trinajstić information content (AvgIpc) is 3.33. The number of piperidine rings is 1. The zero-order valence-electron chi connectivity index (χ0n) is 15.9. The molecule has 1 N–H and O–H groups in total. The lowest BCUT2D eigenvalue weighted by molar-refractivity contribution is -0.174. The minimum Gasteiger partial charge on any atom is -0.354 e. The lowest BCUT2D eigenvalue weighted by atomic mass is 9.88. The topological polar surface area (TPSA) is 72.3 Å². The maximum atomic E-state index is 12.6.